The molecule has 3 rings (SSSR count). The predicted molar refractivity (Wildman–Crippen MR) is 102 cm³/mol. The number of rotatable bonds is 8. The summed E-state index contributed by atoms with van der Waals surface area (Å²) in [4.78, 5) is 39.6. The van der Waals surface area contributed by atoms with Gasteiger partial charge in [0.05, 0.1) is 19.1 Å². The Kier molecular flexibility index (Phi) is 6.73. The van der Waals surface area contributed by atoms with E-state index in [1.165, 1.54) is 30.7 Å². The first-order chi connectivity index (χ1) is 13.0. The van der Waals surface area contributed by atoms with Crippen molar-refractivity contribution in [1.29, 1.82) is 0 Å². The number of amides is 4. The average molecular weight is 380 g/mol. The summed E-state index contributed by atoms with van der Waals surface area (Å²) in [6.45, 7) is 5.73. The molecule has 0 radical (unpaired) electrons. The summed E-state index contributed by atoms with van der Waals surface area (Å²) in [7, 11) is 0. The summed E-state index contributed by atoms with van der Waals surface area (Å²) in [5.41, 5.74) is -0.646. The monoisotopic (exact) mass is 379 g/mol. The zero-order valence-electron chi connectivity index (χ0n) is 16.6. The van der Waals surface area contributed by atoms with Gasteiger partial charge >= 0.3 is 6.03 Å². The average Bonchev–Trinajstić information content (AvgIpc) is 3.20. The number of urea groups is 1. The van der Waals surface area contributed by atoms with Crippen LogP contribution in [0.4, 0.5) is 4.79 Å². The largest absolute Gasteiger partial charge is 0.356 e. The molecule has 2 saturated heterocycles. The lowest BCUT2D eigenvalue weighted by molar-refractivity contribution is -0.928. The van der Waals surface area contributed by atoms with Gasteiger partial charge in [-0.15, -0.1) is 0 Å². The van der Waals surface area contributed by atoms with Gasteiger partial charge in [-0.25, -0.2) is 4.79 Å². The van der Waals surface area contributed by atoms with E-state index in [4.69, 9.17) is 0 Å². The van der Waals surface area contributed by atoms with E-state index in [9.17, 15) is 14.4 Å². The van der Waals surface area contributed by atoms with Crippen molar-refractivity contribution in [2.75, 3.05) is 26.2 Å². The van der Waals surface area contributed by atoms with Crippen LogP contribution in [0.3, 0.4) is 0 Å². The number of nitrogens with zero attached hydrogens (tertiary/aromatic N) is 1. The minimum atomic E-state index is -0.646. The van der Waals surface area contributed by atoms with Crippen LogP contribution in [0, 0.1) is 0 Å². The molecule has 7 nitrogen and oxygen atoms in total. The van der Waals surface area contributed by atoms with Gasteiger partial charge in [0.1, 0.15) is 5.54 Å². The highest BCUT2D eigenvalue weighted by atomic mass is 16.2. The lowest BCUT2D eigenvalue weighted by atomic mass is 9.98. The Hall–Kier alpha value is -1.63. The van der Waals surface area contributed by atoms with Crippen LogP contribution in [-0.2, 0) is 9.59 Å². The van der Waals surface area contributed by atoms with Gasteiger partial charge in [-0.3, -0.25) is 14.5 Å². The number of nitrogens with one attached hydrogen (secondary N) is 3. The fourth-order valence-corrected chi connectivity index (χ4v) is 4.85. The molecule has 3 N–H and O–H groups in total. The Bertz CT molecular complexity index is 559. The summed E-state index contributed by atoms with van der Waals surface area (Å²) in [5, 5.41) is 5.86. The maximum atomic E-state index is 12.5. The summed E-state index contributed by atoms with van der Waals surface area (Å²) in [6, 6.07) is 0.447. The molecule has 1 aliphatic carbocycles. The van der Waals surface area contributed by atoms with Gasteiger partial charge < -0.3 is 15.5 Å². The van der Waals surface area contributed by atoms with Crippen LogP contribution in [-0.4, -0.2) is 60.5 Å². The van der Waals surface area contributed by atoms with E-state index < -0.39 is 5.54 Å². The van der Waals surface area contributed by atoms with Crippen molar-refractivity contribution in [3.8, 4) is 0 Å². The van der Waals surface area contributed by atoms with Gasteiger partial charge in [-0.1, -0.05) is 12.8 Å². The first kappa shape index (κ1) is 20.1. The normalized spacial score (nSPS) is 27.2. The van der Waals surface area contributed by atoms with E-state index >= 15 is 0 Å². The van der Waals surface area contributed by atoms with Crippen LogP contribution >= 0.6 is 0 Å². The zero-order valence-corrected chi connectivity index (χ0v) is 16.6. The summed E-state index contributed by atoms with van der Waals surface area (Å²) in [6.07, 6.45) is 9.31. The molecule has 0 aromatic rings. The summed E-state index contributed by atoms with van der Waals surface area (Å²) >= 11 is 0. The van der Waals surface area contributed by atoms with E-state index in [-0.39, 0.29) is 17.8 Å². The third kappa shape index (κ3) is 4.81. The van der Waals surface area contributed by atoms with Gasteiger partial charge in [0.25, 0.3) is 5.91 Å². The Balaban J connectivity index is 1.29. The number of hydrogen-bond donors (Lipinski definition) is 3. The van der Waals surface area contributed by atoms with Crippen LogP contribution in [0.2, 0.25) is 0 Å². The van der Waals surface area contributed by atoms with Crippen molar-refractivity contribution in [3.63, 3.8) is 0 Å². The zero-order chi connectivity index (χ0) is 19.3. The number of quaternary nitrogens is 1. The van der Waals surface area contributed by atoms with Crippen molar-refractivity contribution in [2.45, 2.75) is 82.7 Å². The molecule has 3 fully saturated rings. The molecule has 27 heavy (non-hydrogen) atoms. The highest BCUT2D eigenvalue weighted by Crippen LogP contribution is 2.35. The fourth-order valence-electron chi connectivity index (χ4n) is 4.85. The molecule has 152 valence electrons. The van der Waals surface area contributed by atoms with Crippen molar-refractivity contribution < 1.29 is 19.3 Å². The van der Waals surface area contributed by atoms with Crippen LogP contribution in [0.15, 0.2) is 0 Å². The predicted octanol–water partition coefficient (Wildman–Crippen LogP) is 0.595. The van der Waals surface area contributed by atoms with E-state index in [1.54, 1.807) is 4.90 Å². The summed E-state index contributed by atoms with van der Waals surface area (Å²) in [5.74, 6) is -0.0802. The molecule has 3 aliphatic rings. The maximum Gasteiger partial charge on any atom is 0.325 e. The smallest absolute Gasteiger partial charge is 0.325 e. The number of carbonyl (C=O) groups excluding carboxylic acids is 3. The van der Waals surface area contributed by atoms with Gasteiger partial charge in [-0.05, 0) is 45.4 Å². The second-order valence-corrected chi connectivity index (χ2v) is 8.54. The van der Waals surface area contributed by atoms with E-state index in [0.717, 1.165) is 44.7 Å². The third-order valence-corrected chi connectivity index (χ3v) is 6.57. The molecule has 1 saturated carbocycles. The van der Waals surface area contributed by atoms with E-state index in [0.29, 0.717) is 25.9 Å². The molecule has 2 atom stereocenters. The quantitative estimate of drug-likeness (QED) is 0.426. The fraction of sp³-hybridized carbons (Fsp3) is 0.850. The van der Waals surface area contributed by atoms with E-state index in [2.05, 4.69) is 17.6 Å². The lowest BCUT2D eigenvalue weighted by Gasteiger charge is -2.30. The molecular weight excluding hydrogens is 344 g/mol. The molecule has 1 spiro atoms. The van der Waals surface area contributed by atoms with Crippen molar-refractivity contribution in [2.24, 2.45) is 0 Å². The Morgan fingerprint density at radius 1 is 1.22 bits per heavy atom. The molecule has 1 unspecified atom stereocenters. The topological polar surface area (TPSA) is 82.9 Å². The maximum absolute atomic E-state index is 12.5. The highest BCUT2D eigenvalue weighted by molar-refractivity contribution is 6.07. The first-order valence-electron chi connectivity index (χ1n) is 10.8. The Morgan fingerprint density at radius 3 is 2.74 bits per heavy atom. The molecule has 0 bridgehead atoms. The number of piperidine rings is 1. The van der Waals surface area contributed by atoms with Crippen molar-refractivity contribution in [3.05, 3.63) is 0 Å². The standard InChI is InChI=1S/C20H34N4O3/c1-16-8-2-5-13-23(16)14-7-12-21-17(25)9-6-15-24-18(26)20(22-19(24)27)10-3-4-11-20/h16H,2-15H2,1H3,(H,21,25)(H,22,27)/p+1/t16-/m1/s1. The summed E-state index contributed by atoms with van der Waals surface area (Å²) < 4.78 is 0. The number of imide groups is 1. The van der Waals surface area contributed by atoms with Crippen LogP contribution in [0.1, 0.15) is 71.1 Å². The Labute approximate surface area is 162 Å². The van der Waals surface area contributed by atoms with Crippen LogP contribution < -0.4 is 15.5 Å². The van der Waals surface area contributed by atoms with Crippen LogP contribution in [0.25, 0.3) is 0 Å². The molecule has 0 aromatic carbocycles. The van der Waals surface area contributed by atoms with Crippen LogP contribution in [0.5, 0.6) is 0 Å². The Morgan fingerprint density at radius 2 is 2.00 bits per heavy atom. The number of likely N-dealkylation sites (tertiary alicyclic amines) is 1. The van der Waals surface area contributed by atoms with E-state index in [1.807, 2.05) is 0 Å². The second-order valence-electron chi connectivity index (χ2n) is 8.54. The second kappa shape index (κ2) is 9.04. The molecule has 7 heteroatoms. The molecule has 2 heterocycles. The van der Waals surface area contributed by atoms with Crippen molar-refractivity contribution >= 4 is 17.8 Å². The minimum Gasteiger partial charge on any atom is -0.356 e. The SMILES string of the molecule is C[C@@H]1CCCC[NH+]1CCCNC(=O)CCCN1C(=O)NC2(CCCC2)C1=O. The van der Waals surface area contributed by atoms with Gasteiger partial charge in [0.15, 0.2) is 0 Å². The van der Waals surface area contributed by atoms with Gasteiger partial charge in [-0.2, -0.15) is 0 Å². The molecule has 4 amide bonds. The third-order valence-electron chi connectivity index (χ3n) is 6.57. The molecule has 0 aromatic heterocycles. The van der Waals surface area contributed by atoms with Crippen molar-refractivity contribution in [1.82, 2.24) is 15.5 Å². The van der Waals surface area contributed by atoms with Gasteiger partial charge in [0, 0.05) is 25.9 Å². The highest BCUT2D eigenvalue weighted by Gasteiger charge is 2.52. The first-order valence-corrected chi connectivity index (χ1v) is 10.8. The lowest BCUT2D eigenvalue weighted by Crippen LogP contribution is -3.16. The minimum absolute atomic E-state index is 0.0133. The molecule has 2 aliphatic heterocycles. The van der Waals surface area contributed by atoms with Gasteiger partial charge in [0.2, 0.25) is 5.91 Å². The number of carbonyl (C=O) groups is 3. The number of hydrogen-bond acceptors (Lipinski definition) is 3. The molecular formula is C20H35N4O3+.